The molecule has 1 aromatic rings. The normalized spacial score (nSPS) is 14.8. The summed E-state index contributed by atoms with van der Waals surface area (Å²) in [5, 5.41) is 13.1. The average molecular weight is 241 g/mol. The van der Waals surface area contributed by atoms with Crippen molar-refractivity contribution in [3.8, 4) is 0 Å². The van der Waals surface area contributed by atoms with Gasteiger partial charge in [0.2, 0.25) is 5.13 Å². The Labute approximate surface area is 98.2 Å². The van der Waals surface area contributed by atoms with E-state index in [9.17, 15) is 4.79 Å². The van der Waals surface area contributed by atoms with Crippen molar-refractivity contribution in [3.05, 3.63) is 5.01 Å². The molecule has 0 amide bonds. The van der Waals surface area contributed by atoms with Gasteiger partial charge in [0.05, 0.1) is 13.0 Å². The van der Waals surface area contributed by atoms with Crippen molar-refractivity contribution in [2.24, 2.45) is 0 Å². The van der Waals surface area contributed by atoms with Crippen LogP contribution < -0.4 is 5.32 Å². The van der Waals surface area contributed by atoms with Crippen molar-refractivity contribution in [2.45, 2.75) is 32.1 Å². The first-order valence-electron chi connectivity index (χ1n) is 5.52. The van der Waals surface area contributed by atoms with Gasteiger partial charge in [-0.05, 0) is 19.8 Å². The van der Waals surface area contributed by atoms with Crippen molar-refractivity contribution < 1.29 is 9.53 Å². The first-order chi connectivity index (χ1) is 7.79. The van der Waals surface area contributed by atoms with Crippen LogP contribution in [-0.4, -0.2) is 29.3 Å². The predicted octanol–water partition coefficient (Wildman–Crippen LogP) is 1.78. The zero-order chi connectivity index (χ0) is 11.4. The highest BCUT2D eigenvalue weighted by Gasteiger charge is 2.27. The smallest absolute Gasteiger partial charge is 0.307 e. The average Bonchev–Trinajstić information content (AvgIpc) is 3.00. The van der Waals surface area contributed by atoms with E-state index >= 15 is 0 Å². The number of rotatable bonds is 6. The minimum Gasteiger partial charge on any atom is -0.466 e. The first-order valence-corrected chi connectivity index (χ1v) is 6.34. The highest BCUT2D eigenvalue weighted by Crippen LogP contribution is 2.41. The largest absolute Gasteiger partial charge is 0.466 e. The van der Waals surface area contributed by atoms with Crippen LogP contribution in [0.1, 0.15) is 37.1 Å². The maximum atomic E-state index is 11.1. The van der Waals surface area contributed by atoms with Crippen molar-refractivity contribution in [1.82, 2.24) is 10.2 Å². The van der Waals surface area contributed by atoms with Gasteiger partial charge in [0.25, 0.3) is 0 Å². The van der Waals surface area contributed by atoms with Gasteiger partial charge in [0, 0.05) is 12.5 Å². The van der Waals surface area contributed by atoms with E-state index in [-0.39, 0.29) is 5.97 Å². The van der Waals surface area contributed by atoms with E-state index in [1.54, 1.807) is 18.3 Å². The maximum Gasteiger partial charge on any atom is 0.307 e. The van der Waals surface area contributed by atoms with Crippen LogP contribution in [0.3, 0.4) is 0 Å². The summed E-state index contributed by atoms with van der Waals surface area (Å²) in [5.74, 6) is 0.458. The summed E-state index contributed by atoms with van der Waals surface area (Å²) in [6, 6.07) is 0. The van der Waals surface area contributed by atoms with Gasteiger partial charge in [-0.1, -0.05) is 11.3 Å². The molecule has 16 heavy (non-hydrogen) atoms. The van der Waals surface area contributed by atoms with Crippen molar-refractivity contribution in [3.63, 3.8) is 0 Å². The minimum atomic E-state index is -0.179. The molecule has 0 radical (unpaired) electrons. The molecule has 88 valence electrons. The molecule has 1 aliphatic rings. The zero-order valence-corrected chi connectivity index (χ0v) is 10.0. The summed E-state index contributed by atoms with van der Waals surface area (Å²) < 4.78 is 4.82. The Bertz CT molecular complexity index is 363. The van der Waals surface area contributed by atoms with E-state index < -0.39 is 0 Å². The van der Waals surface area contributed by atoms with Gasteiger partial charge in [-0.15, -0.1) is 10.2 Å². The summed E-state index contributed by atoms with van der Waals surface area (Å²) in [7, 11) is 0. The fourth-order valence-corrected chi connectivity index (χ4v) is 2.24. The number of anilines is 1. The van der Waals surface area contributed by atoms with Gasteiger partial charge in [-0.25, -0.2) is 0 Å². The molecule has 0 saturated heterocycles. The molecule has 0 bridgehead atoms. The van der Waals surface area contributed by atoms with Crippen LogP contribution in [0.15, 0.2) is 0 Å². The number of ether oxygens (including phenoxy) is 1. The van der Waals surface area contributed by atoms with E-state index in [4.69, 9.17) is 4.74 Å². The highest BCUT2D eigenvalue weighted by molar-refractivity contribution is 7.15. The number of hydrogen-bond donors (Lipinski definition) is 1. The van der Waals surface area contributed by atoms with Crippen LogP contribution in [0.4, 0.5) is 5.13 Å². The van der Waals surface area contributed by atoms with E-state index in [1.807, 2.05) is 0 Å². The monoisotopic (exact) mass is 241 g/mol. The lowest BCUT2D eigenvalue weighted by Crippen LogP contribution is -2.11. The summed E-state index contributed by atoms with van der Waals surface area (Å²) in [4.78, 5) is 11.1. The lowest BCUT2D eigenvalue weighted by atomic mass is 10.4. The Kier molecular flexibility index (Phi) is 3.71. The standard InChI is InChI=1S/C10H15N3O2S/c1-2-15-8(14)5-6-11-10-13-12-9(16-10)7-3-4-7/h7H,2-6H2,1H3,(H,11,13). The number of aromatic nitrogens is 2. The minimum absolute atomic E-state index is 0.179. The Morgan fingerprint density at radius 3 is 3.06 bits per heavy atom. The molecule has 2 rings (SSSR count). The number of hydrogen-bond acceptors (Lipinski definition) is 6. The van der Waals surface area contributed by atoms with Crippen LogP contribution >= 0.6 is 11.3 Å². The Morgan fingerprint density at radius 1 is 1.56 bits per heavy atom. The van der Waals surface area contributed by atoms with E-state index in [2.05, 4.69) is 15.5 Å². The summed E-state index contributed by atoms with van der Waals surface area (Å²) in [6.45, 7) is 2.79. The summed E-state index contributed by atoms with van der Waals surface area (Å²) in [6.07, 6.45) is 2.83. The third-order valence-corrected chi connectivity index (χ3v) is 3.32. The highest BCUT2D eigenvalue weighted by atomic mass is 32.1. The number of carbonyl (C=O) groups is 1. The number of carbonyl (C=O) groups excluding carboxylic acids is 1. The second kappa shape index (κ2) is 5.25. The third kappa shape index (κ3) is 3.16. The number of esters is 1. The van der Waals surface area contributed by atoms with Crippen molar-refractivity contribution >= 4 is 22.4 Å². The number of nitrogens with zero attached hydrogens (tertiary/aromatic N) is 2. The van der Waals surface area contributed by atoms with Gasteiger partial charge in [0.15, 0.2) is 0 Å². The molecule has 0 unspecified atom stereocenters. The molecule has 1 aliphatic carbocycles. The van der Waals surface area contributed by atoms with Gasteiger partial charge in [-0.2, -0.15) is 0 Å². The fourth-order valence-electron chi connectivity index (χ4n) is 1.31. The van der Waals surface area contributed by atoms with Gasteiger partial charge in [-0.3, -0.25) is 4.79 Å². The molecule has 0 aromatic carbocycles. The van der Waals surface area contributed by atoms with Crippen LogP contribution in [0.2, 0.25) is 0 Å². The van der Waals surface area contributed by atoms with Gasteiger partial charge >= 0.3 is 5.97 Å². The molecule has 1 N–H and O–H groups in total. The SMILES string of the molecule is CCOC(=O)CCNc1nnc(C2CC2)s1. The van der Waals surface area contributed by atoms with Gasteiger partial charge in [0.1, 0.15) is 5.01 Å². The fraction of sp³-hybridized carbons (Fsp3) is 0.700. The molecular weight excluding hydrogens is 226 g/mol. The zero-order valence-electron chi connectivity index (χ0n) is 9.23. The van der Waals surface area contributed by atoms with Crippen molar-refractivity contribution in [1.29, 1.82) is 0 Å². The van der Waals surface area contributed by atoms with E-state index in [0.717, 1.165) is 10.1 Å². The van der Waals surface area contributed by atoms with Crippen LogP contribution in [0, 0.1) is 0 Å². The second-order valence-corrected chi connectivity index (χ2v) is 4.71. The quantitative estimate of drug-likeness (QED) is 0.769. The first kappa shape index (κ1) is 11.3. The van der Waals surface area contributed by atoms with Crippen molar-refractivity contribution in [2.75, 3.05) is 18.5 Å². The Balaban J connectivity index is 1.70. The summed E-state index contributed by atoms with van der Waals surface area (Å²) >= 11 is 1.58. The van der Waals surface area contributed by atoms with Crippen LogP contribution in [0.5, 0.6) is 0 Å². The van der Waals surface area contributed by atoms with E-state index in [0.29, 0.717) is 25.5 Å². The van der Waals surface area contributed by atoms with E-state index in [1.165, 1.54) is 12.8 Å². The van der Waals surface area contributed by atoms with Gasteiger partial charge < -0.3 is 10.1 Å². The molecule has 0 aliphatic heterocycles. The van der Waals surface area contributed by atoms with Crippen LogP contribution in [0.25, 0.3) is 0 Å². The molecule has 1 aromatic heterocycles. The molecule has 6 heteroatoms. The maximum absolute atomic E-state index is 11.1. The summed E-state index contributed by atoms with van der Waals surface area (Å²) in [5.41, 5.74) is 0. The Morgan fingerprint density at radius 2 is 2.38 bits per heavy atom. The molecule has 1 heterocycles. The Hall–Kier alpha value is -1.17. The second-order valence-electron chi connectivity index (χ2n) is 3.70. The molecular formula is C10H15N3O2S. The topological polar surface area (TPSA) is 64.1 Å². The van der Waals surface area contributed by atoms with Crippen LogP contribution in [-0.2, 0) is 9.53 Å². The lowest BCUT2D eigenvalue weighted by Gasteiger charge is -2.01. The lowest BCUT2D eigenvalue weighted by molar-refractivity contribution is -0.142. The molecule has 0 atom stereocenters. The molecule has 1 fully saturated rings. The third-order valence-electron chi connectivity index (χ3n) is 2.28. The molecule has 5 nitrogen and oxygen atoms in total. The number of nitrogens with one attached hydrogen (secondary N) is 1. The molecule has 1 saturated carbocycles. The predicted molar refractivity (Wildman–Crippen MR) is 61.6 cm³/mol. The molecule has 0 spiro atoms.